The van der Waals surface area contributed by atoms with Gasteiger partial charge in [-0.1, -0.05) is 13.0 Å². The summed E-state index contributed by atoms with van der Waals surface area (Å²) in [5, 5.41) is 10.3. The molecule has 0 heterocycles. The highest BCUT2D eigenvalue weighted by Gasteiger charge is 2.11. The van der Waals surface area contributed by atoms with Gasteiger partial charge in [-0.15, -0.1) is 0 Å². The van der Waals surface area contributed by atoms with Crippen LogP contribution < -0.4 is 21.3 Å². The normalized spacial score (nSPS) is 9.77. The SMILES string of the molecule is CCCNC(=O)NC(=O)CNc1cccc(C(=O)NC)c1C. The molecular formula is C15H22N4O3. The zero-order valence-electron chi connectivity index (χ0n) is 13.1. The van der Waals surface area contributed by atoms with Crippen molar-refractivity contribution in [3.8, 4) is 0 Å². The maximum atomic E-state index is 11.7. The minimum atomic E-state index is -0.510. The Morgan fingerprint density at radius 3 is 2.55 bits per heavy atom. The molecule has 0 unspecified atom stereocenters. The molecule has 1 aromatic rings. The summed E-state index contributed by atoms with van der Waals surface area (Å²) in [4.78, 5) is 34.7. The Balaban J connectivity index is 2.59. The van der Waals surface area contributed by atoms with Crippen molar-refractivity contribution in [2.24, 2.45) is 0 Å². The van der Waals surface area contributed by atoms with Gasteiger partial charge in [-0.2, -0.15) is 0 Å². The highest BCUT2D eigenvalue weighted by Crippen LogP contribution is 2.18. The molecule has 22 heavy (non-hydrogen) atoms. The summed E-state index contributed by atoms with van der Waals surface area (Å²) in [6.45, 7) is 4.17. The molecule has 0 saturated heterocycles. The standard InChI is InChI=1S/C15H22N4O3/c1-4-8-17-15(22)19-13(20)9-18-12-7-5-6-11(10(12)2)14(21)16-3/h5-7,18H,4,8-9H2,1-3H3,(H,16,21)(H2,17,19,20,22). The lowest BCUT2D eigenvalue weighted by Gasteiger charge is -2.12. The molecule has 1 rings (SSSR count). The molecule has 0 bridgehead atoms. The number of benzene rings is 1. The molecule has 1 aromatic carbocycles. The van der Waals surface area contributed by atoms with Crippen LogP contribution in [0.4, 0.5) is 10.5 Å². The lowest BCUT2D eigenvalue weighted by Crippen LogP contribution is -2.42. The zero-order valence-corrected chi connectivity index (χ0v) is 13.1. The van der Waals surface area contributed by atoms with Crippen LogP contribution >= 0.6 is 0 Å². The summed E-state index contributed by atoms with van der Waals surface area (Å²) in [6.07, 6.45) is 0.797. The van der Waals surface area contributed by atoms with E-state index in [0.29, 0.717) is 17.8 Å². The van der Waals surface area contributed by atoms with Crippen molar-refractivity contribution >= 4 is 23.5 Å². The van der Waals surface area contributed by atoms with Gasteiger partial charge in [-0.3, -0.25) is 14.9 Å². The van der Waals surface area contributed by atoms with Gasteiger partial charge in [0.2, 0.25) is 5.91 Å². The number of carbonyl (C=O) groups excluding carboxylic acids is 3. The molecule has 0 spiro atoms. The average molecular weight is 306 g/mol. The first-order chi connectivity index (χ1) is 10.5. The van der Waals surface area contributed by atoms with E-state index in [4.69, 9.17) is 0 Å². The van der Waals surface area contributed by atoms with Crippen LogP contribution in [-0.2, 0) is 4.79 Å². The molecule has 0 aliphatic heterocycles. The van der Waals surface area contributed by atoms with Crippen molar-refractivity contribution in [2.75, 3.05) is 25.5 Å². The van der Waals surface area contributed by atoms with E-state index in [1.54, 1.807) is 32.2 Å². The topological polar surface area (TPSA) is 99.3 Å². The Labute approximate surface area is 129 Å². The van der Waals surface area contributed by atoms with Crippen LogP contribution in [0.1, 0.15) is 29.3 Å². The van der Waals surface area contributed by atoms with Crippen molar-refractivity contribution in [2.45, 2.75) is 20.3 Å². The van der Waals surface area contributed by atoms with Crippen LogP contribution in [0.25, 0.3) is 0 Å². The second kappa shape index (κ2) is 8.66. The maximum Gasteiger partial charge on any atom is 0.321 e. The predicted octanol–water partition coefficient (Wildman–Crippen LogP) is 1.00. The molecule has 0 aliphatic rings. The number of amides is 4. The highest BCUT2D eigenvalue weighted by atomic mass is 16.2. The minimum absolute atomic E-state index is 0.0580. The van der Waals surface area contributed by atoms with Crippen molar-refractivity contribution < 1.29 is 14.4 Å². The molecular weight excluding hydrogens is 284 g/mol. The largest absolute Gasteiger partial charge is 0.376 e. The van der Waals surface area contributed by atoms with E-state index in [2.05, 4.69) is 21.3 Å². The van der Waals surface area contributed by atoms with Gasteiger partial charge in [0, 0.05) is 24.8 Å². The van der Waals surface area contributed by atoms with Crippen molar-refractivity contribution in [3.05, 3.63) is 29.3 Å². The number of rotatable bonds is 6. The van der Waals surface area contributed by atoms with E-state index in [9.17, 15) is 14.4 Å². The van der Waals surface area contributed by atoms with Crippen LogP contribution in [-0.4, -0.2) is 38.0 Å². The predicted molar refractivity (Wildman–Crippen MR) is 84.9 cm³/mol. The van der Waals surface area contributed by atoms with E-state index in [-0.39, 0.29) is 12.5 Å². The van der Waals surface area contributed by atoms with Gasteiger partial charge in [0.1, 0.15) is 0 Å². The van der Waals surface area contributed by atoms with Crippen molar-refractivity contribution in [3.63, 3.8) is 0 Å². The summed E-state index contributed by atoms with van der Waals surface area (Å²) in [7, 11) is 1.56. The first kappa shape index (κ1) is 17.5. The van der Waals surface area contributed by atoms with Gasteiger partial charge in [0.25, 0.3) is 5.91 Å². The summed E-state index contributed by atoms with van der Waals surface area (Å²) >= 11 is 0. The fraction of sp³-hybridized carbons (Fsp3) is 0.400. The molecule has 0 aromatic heterocycles. The third kappa shape index (κ3) is 5.08. The minimum Gasteiger partial charge on any atom is -0.376 e. The van der Waals surface area contributed by atoms with Gasteiger partial charge in [-0.05, 0) is 31.0 Å². The molecule has 4 amide bonds. The number of nitrogens with one attached hydrogen (secondary N) is 4. The van der Waals surface area contributed by atoms with Crippen LogP contribution in [0.2, 0.25) is 0 Å². The third-order valence-electron chi connectivity index (χ3n) is 3.03. The Hall–Kier alpha value is -2.57. The Morgan fingerprint density at radius 2 is 1.91 bits per heavy atom. The quantitative estimate of drug-likeness (QED) is 0.630. The lowest BCUT2D eigenvalue weighted by atomic mass is 10.1. The van der Waals surface area contributed by atoms with Gasteiger partial charge < -0.3 is 16.0 Å². The number of anilines is 1. The Kier molecular flexibility index (Phi) is 6.88. The molecule has 0 radical (unpaired) electrons. The summed E-state index contributed by atoms with van der Waals surface area (Å²) < 4.78 is 0. The molecule has 0 atom stereocenters. The zero-order chi connectivity index (χ0) is 16.5. The summed E-state index contributed by atoms with van der Waals surface area (Å²) in [6, 6.07) is 4.69. The third-order valence-corrected chi connectivity index (χ3v) is 3.03. The average Bonchev–Trinajstić information content (AvgIpc) is 2.51. The molecule has 4 N–H and O–H groups in total. The number of hydrogen-bond acceptors (Lipinski definition) is 4. The Morgan fingerprint density at radius 1 is 1.18 bits per heavy atom. The van der Waals surface area contributed by atoms with Crippen LogP contribution in [0.3, 0.4) is 0 Å². The number of hydrogen-bond donors (Lipinski definition) is 4. The van der Waals surface area contributed by atoms with Gasteiger partial charge in [-0.25, -0.2) is 4.79 Å². The lowest BCUT2D eigenvalue weighted by molar-refractivity contribution is -0.118. The van der Waals surface area contributed by atoms with Crippen molar-refractivity contribution in [1.29, 1.82) is 0 Å². The van der Waals surface area contributed by atoms with E-state index >= 15 is 0 Å². The monoisotopic (exact) mass is 306 g/mol. The van der Waals surface area contributed by atoms with Gasteiger partial charge in [0.05, 0.1) is 6.54 Å². The fourth-order valence-corrected chi connectivity index (χ4v) is 1.84. The number of imide groups is 1. The molecule has 7 nitrogen and oxygen atoms in total. The maximum absolute atomic E-state index is 11.7. The molecule has 7 heteroatoms. The molecule has 120 valence electrons. The summed E-state index contributed by atoms with van der Waals surface area (Å²) in [5.74, 6) is -0.636. The van der Waals surface area contributed by atoms with E-state index < -0.39 is 11.9 Å². The number of carbonyl (C=O) groups is 3. The van der Waals surface area contributed by atoms with Gasteiger partial charge >= 0.3 is 6.03 Å². The first-order valence-corrected chi connectivity index (χ1v) is 7.12. The van der Waals surface area contributed by atoms with Crippen LogP contribution in [0.5, 0.6) is 0 Å². The summed E-state index contributed by atoms with van der Waals surface area (Å²) in [5.41, 5.74) is 1.95. The van der Waals surface area contributed by atoms with E-state index in [1.165, 1.54) is 0 Å². The van der Waals surface area contributed by atoms with Crippen LogP contribution in [0, 0.1) is 6.92 Å². The smallest absolute Gasteiger partial charge is 0.321 e. The van der Waals surface area contributed by atoms with Crippen LogP contribution in [0.15, 0.2) is 18.2 Å². The van der Waals surface area contributed by atoms with Crippen molar-refractivity contribution in [1.82, 2.24) is 16.0 Å². The van der Waals surface area contributed by atoms with E-state index in [0.717, 1.165) is 12.0 Å². The molecule has 0 saturated carbocycles. The highest BCUT2D eigenvalue weighted by molar-refractivity contribution is 5.98. The van der Waals surface area contributed by atoms with E-state index in [1.807, 2.05) is 6.92 Å². The molecule has 0 fully saturated rings. The number of urea groups is 1. The fourth-order valence-electron chi connectivity index (χ4n) is 1.84. The van der Waals surface area contributed by atoms with Gasteiger partial charge in [0.15, 0.2) is 0 Å². The second-order valence-corrected chi connectivity index (χ2v) is 4.71. The molecule has 0 aliphatic carbocycles. The first-order valence-electron chi connectivity index (χ1n) is 7.12. The Bertz CT molecular complexity index is 558. The second-order valence-electron chi connectivity index (χ2n) is 4.71.